The van der Waals surface area contributed by atoms with Crippen molar-refractivity contribution < 1.29 is 9.90 Å². The Morgan fingerprint density at radius 1 is 0.955 bits per heavy atom. The van der Waals surface area contributed by atoms with Crippen LogP contribution in [0.4, 0.5) is 4.79 Å². The Kier molecular flexibility index (Phi) is 5.59. The van der Waals surface area contributed by atoms with E-state index in [-0.39, 0.29) is 0 Å². The molecule has 0 bridgehead atoms. The van der Waals surface area contributed by atoms with Crippen molar-refractivity contribution in [3.63, 3.8) is 0 Å². The predicted octanol–water partition coefficient (Wildman–Crippen LogP) is 4.59. The molecule has 0 aromatic heterocycles. The first kappa shape index (κ1) is 16.1. The molecule has 1 amide bonds. The van der Waals surface area contributed by atoms with Gasteiger partial charge in [0.2, 0.25) is 0 Å². The van der Waals surface area contributed by atoms with Crippen molar-refractivity contribution in [2.45, 2.75) is 31.2 Å². The van der Waals surface area contributed by atoms with Crippen LogP contribution in [0, 0.1) is 6.92 Å². The molecule has 0 aliphatic rings. The summed E-state index contributed by atoms with van der Waals surface area (Å²) in [6, 6.07) is 19.6. The van der Waals surface area contributed by atoms with Crippen LogP contribution in [0.1, 0.15) is 36.8 Å². The Morgan fingerprint density at radius 2 is 1.45 bits per heavy atom. The standard InChI is InChI=1S/C19H22NO2/c1-2-3-10-15-19(20-18(21)22,16-11-6-4-7-12-16)17-13-8-5-9-14-17/h4-9,11-14,20H,1-3,10,15H2,(H,21,22). The summed E-state index contributed by atoms with van der Waals surface area (Å²) in [5.41, 5.74) is 1.21. The van der Waals surface area contributed by atoms with E-state index in [9.17, 15) is 9.90 Å². The molecule has 115 valence electrons. The second kappa shape index (κ2) is 7.64. The number of hydrogen-bond acceptors (Lipinski definition) is 1. The van der Waals surface area contributed by atoms with E-state index in [1.54, 1.807) is 0 Å². The molecule has 0 spiro atoms. The van der Waals surface area contributed by atoms with E-state index in [2.05, 4.69) is 12.2 Å². The van der Waals surface area contributed by atoms with Crippen molar-refractivity contribution in [3.8, 4) is 0 Å². The largest absolute Gasteiger partial charge is 0.465 e. The Bertz CT molecular complexity index is 541. The SMILES string of the molecule is [CH2]CCCCC(NC(=O)O)(c1ccccc1)c1ccccc1. The van der Waals surface area contributed by atoms with Crippen LogP contribution >= 0.6 is 0 Å². The predicted molar refractivity (Wildman–Crippen MR) is 88.6 cm³/mol. The molecule has 0 heterocycles. The molecule has 0 unspecified atom stereocenters. The van der Waals surface area contributed by atoms with Crippen molar-refractivity contribution in [1.29, 1.82) is 0 Å². The van der Waals surface area contributed by atoms with Crippen LogP contribution < -0.4 is 5.32 Å². The van der Waals surface area contributed by atoms with Crippen LogP contribution in [0.15, 0.2) is 60.7 Å². The van der Waals surface area contributed by atoms with Crippen LogP contribution in [0.5, 0.6) is 0 Å². The van der Waals surface area contributed by atoms with Crippen LogP contribution in [0.2, 0.25) is 0 Å². The number of hydrogen-bond donors (Lipinski definition) is 2. The summed E-state index contributed by atoms with van der Waals surface area (Å²) < 4.78 is 0. The lowest BCUT2D eigenvalue weighted by atomic mass is 9.78. The molecular formula is C19H22NO2. The molecule has 2 aromatic rings. The van der Waals surface area contributed by atoms with E-state index < -0.39 is 11.6 Å². The fourth-order valence-corrected chi connectivity index (χ4v) is 2.86. The minimum Gasteiger partial charge on any atom is -0.465 e. The first-order valence-electron chi connectivity index (χ1n) is 7.60. The summed E-state index contributed by atoms with van der Waals surface area (Å²) in [5, 5.41) is 12.2. The monoisotopic (exact) mass is 296 g/mol. The third-order valence-electron chi connectivity index (χ3n) is 3.91. The Morgan fingerprint density at radius 3 is 1.86 bits per heavy atom. The molecule has 0 saturated carbocycles. The third kappa shape index (κ3) is 3.67. The van der Waals surface area contributed by atoms with Gasteiger partial charge in [-0.25, -0.2) is 4.79 Å². The van der Waals surface area contributed by atoms with E-state index in [4.69, 9.17) is 0 Å². The van der Waals surface area contributed by atoms with Gasteiger partial charge in [-0.3, -0.25) is 0 Å². The highest BCUT2D eigenvalue weighted by atomic mass is 16.4. The van der Waals surface area contributed by atoms with Crippen LogP contribution in [0.25, 0.3) is 0 Å². The second-order valence-electron chi connectivity index (χ2n) is 5.38. The molecule has 22 heavy (non-hydrogen) atoms. The van der Waals surface area contributed by atoms with Gasteiger partial charge in [-0.15, -0.1) is 0 Å². The summed E-state index contributed by atoms with van der Waals surface area (Å²) in [4.78, 5) is 11.5. The highest BCUT2D eigenvalue weighted by molar-refractivity contribution is 5.67. The molecular weight excluding hydrogens is 274 g/mol. The highest BCUT2D eigenvalue weighted by Crippen LogP contribution is 2.34. The summed E-state index contributed by atoms with van der Waals surface area (Å²) >= 11 is 0. The minimum absolute atomic E-state index is 0.711. The number of rotatable bonds is 7. The zero-order valence-corrected chi connectivity index (χ0v) is 12.7. The molecule has 3 nitrogen and oxygen atoms in total. The summed E-state index contributed by atoms with van der Waals surface area (Å²) in [6.45, 7) is 3.87. The molecule has 1 radical (unpaired) electrons. The fourth-order valence-electron chi connectivity index (χ4n) is 2.86. The van der Waals surface area contributed by atoms with Gasteiger partial charge in [0, 0.05) is 0 Å². The van der Waals surface area contributed by atoms with Gasteiger partial charge in [-0.2, -0.15) is 0 Å². The van der Waals surface area contributed by atoms with E-state index >= 15 is 0 Å². The van der Waals surface area contributed by atoms with Gasteiger partial charge in [-0.1, -0.05) is 86.8 Å². The molecule has 0 aliphatic carbocycles. The maximum atomic E-state index is 11.5. The maximum Gasteiger partial charge on any atom is 0.405 e. The number of carbonyl (C=O) groups is 1. The van der Waals surface area contributed by atoms with Gasteiger partial charge in [0.1, 0.15) is 0 Å². The van der Waals surface area contributed by atoms with Crippen LogP contribution in [-0.4, -0.2) is 11.2 Å². The first-order chi connectivity index (χ1) is 10.7. The van der Waals surface area contributed by atoms with Crippen molar-refractivity contribution in [1.82, 2.24) is 5.32 Å². The zero-order chi connectivity index (χ0) is 15.8. The molecule has 3 heteroatoms. The smallest absolute Gasteiger partial charge is 0.405 e. The van der Waals surface area contributed by atoms with Gasteiger partial charge >= 0.3 is 6.09 Å². The first-order valence-corrected chi connectivity index (χ1v) is 7.60. The lowest BCUT2D eigenvalue weighted by Crippen LogP contribution is -2.46. The average molecular weight is 296 g/mol. The number of unbranched alkanes of at least 4 members (excludes halogenated alkanes) is 2. The number of benzene rings is 2. The maximum absolute atomic E-state index is 11.5. The summed E-state index contributed by atoms with van der Waals surface area (Å²) in [7, 11) is 0. The lowest BCUT2D eigenvalue weighted by molar-refractivity contribution is 0.180. The van der Waals surface area contributed by atoms with Gasteiger partial charge in [0.15, 0.2) is 0 Å². The highest BCUT2D eigenvalue weighted by Gasteiger charge is 2.35. The Labute approximate surface area is 132 Å². The summed E-state index contributed by atoms with van der Waals surface area (Å²) in [5.74, 6) is 0. The molecule has 0 atom stereocenters. The van der Waals surface area contributed by atoms with Crippen LogP contribution in [0.3, 0.4) is 0 Å². The summed E-state index contributed by atoms with van der Waals surface area (Å²) in [6.07, 6.45) is 2.44. The van der Waals surface area contributed by atoms with Gasteiger partial charge in [-0.05, 0) is 17.5 Å². The second-order valence-corrected chi connectivity index (χ2v) is 5.38. The zero-order valence-electron chi connectivity index (χ0n) is 12.7. The quantitative estimate of drug-likeness (QED) is 0.734. The van der Waals surface area contributed by atoms with E-state index in [0.29, 0.717) is 6.42 Å². The third-order valence-corrected chi connectivity index (χ3v) is 3.91. The van der Waals surface area contributed by atoms with Crippen molar-refractivity contribution >= 4 is 6.09 Å². The Balaban J connectivity index is 2.50. The topological polar surface area (TPSA) is 49.3 Å². The number of nitrogens with one attached hydrogen (secondary N) is 1. The molecule has 0 aliphatic heterocycles. The van der Waals surface area contributed by atoms with E-state index in [0.717, 1.165) is 30.4 Å². The van der Waals surface area contributed by atoms with Gasteiger partial charge < -0.3 is 10.4 Å². The molecule has 2 rings (SSSR count). The van der Waals surface area contributed by atoms with Crippen LogP contribution in [-0.2, 0) is 5.54 Å². The van der Waals surface area contributed by atoms with E-state index in [1.807, 2.05) is 60.7 Å². The van der Waals surface area contributed by atoms with Crippen molar-refractivity contribution in [2.24, 2.45) is 0 Å². The molecule has 2 N–H and O–H groups in total. The van der Waals surface area contributed by atoms with Gasteiger partial charge in [0.25, 0.3) is 0 Å². The lowest BCUT2D eigenvalue weighted by Gasteiger charge is -2.35. The molecule has 2 aromatic carbocycles. The van der Waals surface area contributed by atoms with E-state index in [1.165, 1.54) is 0 Å². The average Bonchev–Trinajstić information content (AvgIpc) is 2.55. The molecule has 0 saturated heterocycles. The van der Waals surface area contributed by atoms with Crippen molar-refractivity contribution in [3.05, 3.63) is 78.7 Å². The number of carboxylic acid groups (broad SMARTS) is 1. The Hall–Kier alpha value is -2.29. The number of amides is 1. The molecule has 0 fully saturated rings. The fraction of sp³-hybridized carbons (Fsp3) is 0.263. The van der Waals surface area contributed by atoms with Crippen molar-refractivity contribution in [2.75, 3.05) is 0 Å². The van der Waals surface area contributed by atoms with Gasteiger partial charge in [0.05, 0.1) is 5.54 Å². The normalized spacial score (nSPS) is 11.1. The minimum atomic E-state index is -1.01.